The maximum absolute atomic E-state index is 14.4. The molecular weight excluding hydrogens is 497 g/mol. The number of ether oxygens (including phenoxy) is 1. The Kier molecular flexibility index (Phi) is 8.54. The molecule has 1 aromatic heterocycles. The van der Waals surface area contributed by atoms with Crippen LogP contribution in [0.1, 0.15) is 61.9 Å². The highest BCUT2D eigenvalue weighted by atomic mass is 19.1. The normalized spacial score (nSPS) is 22.8. The minimum Gasteiger partial charge on any atom is -0.482 e. The first-order valence-electron chi connectivity index (χ1n) is 13.3. The van der Waals surface area contributed by atoms with Crippen LogP contribution >= 0.6 is 0 Å². The number of rotatable bonds is 5. The van der Waals surface area contributed by atoms with Gasteiger partial charge in [0, 0.05) is 56.5 Å². The van der Waals surface area contributed by atoms with Crippen LogP contribution < -0.4 is 27.3 Å². The average Bonchev–Trinajstić information content (AvgIpc) is 3.75. The number of aliphatic imine (C=N–C) groups is 1. The van der Waals surface area contributed by atoms with Crippen molar-refractivity contribution in [2.45, 2.75) is 45.3 Å². The van der Waals surface area contributed by atoms with Crippen molar-refractivity contribution in [2.24, 2.45) is 22.4 Å². The quantitative estimate of drug-likeness (QED) is 0.430. The molecule has 1 aliphatic heterocycles. The number of likely N-dealkylation sites (N-methyl/N-ethyl adjacent to an activating group) is 1. The molecule has 1 aliphatic carbocycles. The van der Waals surface area contributed by atoms with Gasteiger partial charge in [0.2, 0.25) is 0 Å². The van der Waals surface area contributed by atoms with Crippen molar-refractivity contribution in [2.75, 3.05) is 32.9 Å². The predicted octanol–water partition coefficient (Wildman–Crippen LogP) is 3.34. The standard InChI is InChI=1S/C29H38FN7O2/c1-5-37(4)29(38)26(32)23-10-18(14-34-3)25(31)21-9-8-20(30)12-22(21)16(2)39-24-11-19(15-36-28(24)33)27(23)35-13-17-6-7-17/h8-9,11-12,14-17,25,34H,5-7,10,13,31-32H2,1-4H3,(H2,33,36)/b18-14-,26-23-,35-27?/t16-,25?/m1/s1. The third kappa shape index (κ3) is 6.22. The summed E-state index contributed by atoms with van der Waals surface area (Å²) in [5.41, 5.74) is 23.5. The molecule has 1 fully saturated rings. The lowest BCUT2D eigenvalue weighted by Gasteiger charge is -2.27. The van der Waals surface area contributed by atoms with E-state index in [1.807, 2.05) is 13.8 Å². The van der Waals surface area contributed by atoms with Crippen molar-refractivity contribution in [3.63, 3.8) is 0 Å². The topological polar surface area (TPSA) is 145 Å². The molecule has 1 unspecified atom stereocenters. The Morgan fingerprint density at radius 1 is 1.31 bits per heavy atom. The van der Waals surface area contributed by atoms with Crippen molar-refractivity contribution < 1.29 is 13.9 Å². The Balaban J connectivity index is 2.00. The molecule has 9 nitrogen and oxygen atoms in total. The number of nitrogens with zero attached hydrogens (tertiary/aromatic N) is 3. The van der Waals surface area contributed by atoms with Crippen LogP contribution in [0.5, 0.6) is 5.75 Å². The fourth-order valence-corrected chi connectivity index (χ4v) is 4.62. The molecule has 4 rings (SSSR count). The highest BCUT2D eigenvalue weighted by molar-refractivity contribution is 6.16. The summed E-state index contributed by atoms with van der Waals surface area (Å²) in [7, 11) is 3.47. The Labute approximate surface area is 229 Å². The third-order valence-corrected chi connectivity index (χ3v) is 7.26. The number of benzene rings is 1. The fourth-order valence-electron chi connectivity index (χ4n) is 4.62. The summed E-state index contributed by atoms with van der Waals surface area (Å²) in [5.74, 6) is 0.276. The number of allylic oxidation sites excluding steroid dienone is 1. The molecule has 1 saturated carbocycles. The van der Waals surface area contributed by atoms with Gasteiger partial charge in [0.05, 0.1) is 11.8 Å². The molecule has 39 heavy (non-hydrogen) atoms. The van der Waals surface area contributed by atoms with Gasteiger partial charge in [-0.15, -0.1) is 0 Å². The molecular formula is C29H38FN7O2. The molecule has 2 heterocycles. The fraction of sp³-hybridized carbons (Fsp3) is 0.414. The van der Waals surface area contributed by atoms with Gasteiger partial charge in [-0.25, -0.2) is 9.37 Å². The summed E-state index contributed by atoms with van der Waals surface area (Å²) in [6.07, 6.45) is 5.27. The maximum Gasteiger partial charge on any atom is 0.269 e. The van der Waals surface area contributed by atoms with Crippen molar-refractivity contribution in [1.82, 2.24) is 15.2 Å². The summed E-state index contributed by atoms with van der Waals surface area (Å²) in [6.45, 7) is 4.78. The Morgan fingerprint density at radius 2 is 2.05 bits per heavy atom. The molecule has 7 N–H and O–H groups in total. The van der Waals surface area contributed by atoms with Crippen LogP contribution in [0, 0.1) is 11.7 Å². The van der Waals surface area contributed by atoms with E-state index in [0.717, 1.165) is 18.4 Å². The summed E-state index contributed by atoms with van der Waals surface area (Å²) >= 11 is 0. The van der Waals surface area contributed by atoms with Gasteiger partial charge in [-0.1, -0.05) is 6.07 Å². The van der Waals surface area contributed by atoms with E-state index < -0.39 is 18.0 Å². The van der Waals surface area contributed by atoms with Gasteiger partial charge in [-0.05, 0) is 68.1 Å². The van der Waals surface area contributed by atoms with Crippen molar-refractivity contribution in [3.05, 3.63) is 76.0 Å². The number of hydrogen-bond donors (Lipinski definition) is 4. The number of anilines is 1. The molecule has 2 aliphatic rings. The van der Waals surface area contributed by atoms with E-state index in [4.69, 9.17) is 26.9 Å². The van der Waals surface area contributed by atoms with E-state index in [0.29, 0.717) is 52.7 Å². The zero-order chi connectivity index (χ0) is 28.3. The van der Waals surface area contributed by atoms with Crippen LogP contribution in [0.15, 0.2) is 58.5 Å². The lowest BCUT2D eigenvalue weighted by Crippen LogP contribution is -2.33. The minimum absolute atomic E-state index is 0.0761. The molecule has 2 bridgehead atoms. The van der Waals surface area contributed by atoms with Gasteiger partial charge in [0.1, 0.15) is 17.6 Å². The number of aromatic nitrogens is 1. The number of hydrogen-bond acceptors (Lipinski definition) is 8. The molecule has 0 saturated heterocycles. The number of nitrogens with one attached hydrogen (secondary N) is 1. The van der Waals surface area contributed by atoms with Gasteiger partial charge < -0.3 is 32.2 Å². The molecule has 1 amide bonds. The van der Waals surface area contributed by atoms with Gasteiger partial charge in [0.25, 0.3) is 5.91 Å². The molecule has 2 aromatic rings. The van der Waals surface area contributed by atoms with E-state index in [-0.39, 0.29) is 23.8 Å². The predicted molar refractivity (Wildman–Crippen MR) is 151 cm³/mol. The number of amides is 1. The lowest BCUT2D eigenvalue weighted by molar-refractivity contribution is -0.125. The van der Waals surface area contributed by atoms with Crippen LogP contribution in [0.2, 0.25) is 0 Å². The Bertz CT molecular complexity index is 1330. The second-order valence-electron chi connectivity index (χ2n) is 10.1. The van der Waals surface area contributed by atoms with Crippen LogP contribution in [-0.2, 0) is 4.79 Å². The molecule has 1 aromatic carbocycles. The van der Waals surface area contributed by atoms with Gasteiger partial charge in [-0.3, -0.25) is 9.79 Å². The SMILES string of the molecule is CCN(C)C(=O)/C(N)=C1\C/C(=C/NC)C(N)c2ccc(F)cc2[C@@H](C)Oc2cc(cnc2N)C1=NCC1CC1. The first kappa shape index (κ1) is 28.1. The first-order valence-corrected chi connectivity index (χ1v) is 13.3. The third-order valence-electron chi connectivity index (χ3n) is 7.26. The summed E-state index contributed by atoms with van der Waals surface area (Å²) in [5, 5.41) is 3.07. The van der Waals surface area contributed by atoms with E-state index in [2.05, 4.69) is 10.3 Å². The van der Waals surface area contributed by atoms with E-state index >= 15 is 0 Å². The lowest BCUT2D eigenvalue weighted by atomic mass is 9.86. The number of fused-ring (bicyclic) bond motifs is 3. The van der Waals surface area contributed by atoms with Crippen LogP contribution in [-0.4, -0.2) is 48.7 Å². The molecule has 0 radical (unpaired) electrons. The van der Waals surface area contributed by atoms with E-state index in [1.165, 1.54) is 12.1 Å². The number of carbonyl (C=O) groups excluding carboxylic acids is 1. The minimum atomic E-state index is -0.654. The second-order valence-corrected chi connectivity index (χ2v) is 10.1. The molecule has 2 atom stereocenters. The number of pyridine rings is 1. The second kappa shape index (κ2) is 11.9. The summed E-state index contributed by atoms with van der Waals surface area (Å²) in [6, 6.07) is 5.56. The number of nitrogen functional groups attached to an aromatic ring is 1. The highest BCUT2D eigenvalue weighted by Gasteiger charge is 2.29. The van der Waals surface area contributed by atoms with Gasteiger partial charge in [-0.2, -0.15) is 0 Å². The van der Waals surface area contributed by atoms with E-state index in [1.54, 1.807) is 43.5 Å². The summed E-state index contributed by atoms with van der Waals surface area (Å²) in [4.78, 5) is 24.3. The molecule has 0 spiro atoms. The summed E-state index contributed by atoms with van der Waals surface area (Å²) < 4.78 is 20.7. The maximum atomic E-state index is 14.4. The van der Waals surface area contributed by atoms with Gasteiger partial charge in [0.15, 0.2) is 11.6 Å². The Hall–Kier alpha value is -3.92. The van der Waals surface area contributed by atoms with Crippen molar-refractivity contribution in [3.8, 4) is 5.75 Å². The number of halogens is 1. The highest BCUT2D eigenvalue weighted by Crippen LogP contribution is 2.37. The van der Waals surface area contributed by atoms with Crippen LogP contribution in [0.3, 0.4) is 0 Å². The van der Waals surface area contributed by atoms with Gasteiger partial charge >= 0.3 is 0 Å². The van der Waals surface area contributed by atoms with Crippen molar-refractivity contribution in [1.29, 1.82) is 0 Å². The van der Waals surface area contributed by atoms with Crippen LogP contribution in [0.25, 0.3) is 0 Å². The molecule has 10 heteroatoms. The largest absolute Gasteiger partial charge is 0.482 e. The Morgan fingerprint density at radius 3 is 2.72 bits per heavy atom. The monoisotopic (exact) mass is 535 g/mol. The smallest absolute Gasteiger partial charge is 0.269 e. The van der Waals surface area contributed by atoms with Crippen LogP contribution in [0.4, 0.5) is 10.2 Å². The number of nitrogens with two attached hydrogens (primary N) is 3. The zero-order valence-electron chi connectivity index (χ0n) is 23.0. The average molecular weight is 536 g/mol. The zero-order valence-corrected chi connectivity index (χ0v) is 23.0. The first-order chi connectivity index (χ1) is 18.6. The van der Waals surface area contributed by atoms with Crippen molar-refractivity contribution >= 4 is 17.4 Å². The number of carbonyl (C=O) groups is 1. The molecule has 208 valence electrons. The van der Waals surface area contributed by atoms with E-state index in [9.17, 15) is 9.18 Å².